The predicted octanol–water partition coefficient (Wildman–Crippen LogP) is 3.38. The van der Waals surface area contributed by atoms with Crippen LogP contribution < -0.4 is 10.1 Å². The van der Waals surface area contributed by atoms with E-state index in [0.717, 1.165) is 19.3 Å². The predicted molar refractivity (Wildman–Crippen MR) is 85.4 cm³/mol. The van der Waals surface area contributed by atoms with Crippen molar-refractivity contribution in [2.24, 2.45) is 5.92 Å². The van der Waals surface area contributed by atoms with Gasteiger partial charge in [-0.25, -0.2) is 0 Å². The van der Waals surface area contributed by atoms with Crippen LogP contribution in [0.5, 0.6) is 11.6 Å². The molecule has 5 nitrogen and oxygen atoms in total. The van der Waals surface area contributed by atoms with Crippen molar-refractivity contribution in [3.05, 3.63) is 48.5 Å². The van der Waals surface area contributed by atoms with Gasteiger partial charge in [0, 0.05) is 6.07 Å². The van der Waals surface area contributed by atoms with Crippen LogP contribution in [0.25, 0.3) is 0 Å². The van der Waals surface area contributed by atoms with Gasteiger partial charge < -0.3 is 14.8 Å². The van der Waals surface area contributed by atoms with Gasteiger partial charge in [-0.15, -0.1) is 0 Å². The third-order valence-electron chi connectivity index (χ3n) is 4.38. The van der Waals surface area contributed by atoms with E-state index in [1.807, 2.05) is 36.4 Å². The first kappa shape index (κ1) is 14.2. The van der Waals surface area contributed by atoms with Gasteiger partial charge in [-0.1, -0.05) is 24.3 Å². The molecule has 0 spiro atoms. The van der Waals surface area contributed by atoms with E-state index in [1.165, 1.54) is 0 Å². The third kappa shape index (κ3) is 3.05. The number of amides is 1. The molecule has 1 amide bonds. The van der Waals surface area contributed by atoms with Gasteiger partial charge in [0.15, 0.2) is 0 Å². The van der Waals surface area contributed by atoms with Crippen molar-refractivity contribution >= 4 is 11.7 Å². The Morgan fingerprint density at radius 3 is 2.74 bits per heavy atom. The van der Waals surface area contributed by atoms with Gasteiger partial charge >= 0.3 is 0 Å². The average molecular weight is 310 g/mol. The highest BCUT2D eigenvalue weighted by molar-refractivity contribution is 5.92. The van der Waals surface area contributed by atoms with Crippen molar-refractivity contribution in [1.82, 2.24) is 4.98 Å². The first-order valence-electron chi connectivity index (χ1n) is 7.94. The maximum atomic E-state index is 12.4. The van der Waals surface area contributed by atoms with Gasteiger partial charge in [0.2, 0.25) is 11.8 Å². The molecule has 4 rings (SSSR count). The lowest BCUT2D eigenvalue weighted by molar-refractivity contribution is -0.121. The molecule has 3 heterocycles. The van der Waals surface area contributed by atoms with E-state index in [2.05, 4.69) is 10.3 Å². The highest BCUT2D eigenvalue weighted by atomic mass is 16.5. The first-order valence-corrected chi connectivity index (χ1v) is 7.94. The Bertz CT molecular complexity index is 704. The van der Waals surface area contributed by atoms with Gasteiger partial charge in [-0.05, 0) is 37.5 Å². The van der Waals surface area contributed by atoms with Crippen LogP contribution in [0.4, 0.5) is 5.82 Å². The number of benzene rings is 1. The molecule has 3 atom stereocenters. The number of nitrogens with zero attached hydrogens (tertiary/aromatic N) is 1. The van der Waals surface area contributed by atoms with E-state index in [4.69, 9.17) is 9.47 Å². The fraction of sp³-hybridized carbons (Fsp3) is 0.333. The standard InChI is InChI=1S/C18H18N2O3/c21-18(14-11-13-9-10-15(14)22-13)20-16-7-4-8-17(19-16)23-12-5-2-1-3-6-12/h1-8,13-15H,9-11H2,(H,19,20,21)/t13-,14-,15+/m1/s1. The van der Waals surface area contributed by atoms with E-state index < -0.39 is 0 Å². The molecule has 0 saturated carbocycles. The summed E-state index contributed by atoms with van der Waals surface area (Å²) in [5.74, 6) is 1.60. The summed E-state index contributed by atoms with van der Waals surface area (Å²) in [4.78, 5) is 16.7. The maximum Gasteiger partial charge on any atom is 0.231 e. The summed E-state index contributed by atoms with van der Waals surface area (Å²) in [6.45, 7) is 0. The van der Waals surface area contributed by atoms with E-state index in [0.29, 0.717) is 17.4 Å². The Hall–Kier alpha value is -2.40. The molecule has 0 radical (unpaired) electrons. The van der Waals surface area contributed by atoms with Crippen LogP contribution in [0.1, 0.15) is 19.3 Å². The summed E-state index contributed by atoms with van der Waals surface area (Å²) in [6.07, 6.45) is 3.21. The number of aromatic nitrogens is 1. The lowest BCUT2D eigenvalue weighted by Gasteiger charge is -2.17. The second kappa shape index (κ2) is 6.01. The summed E-state index contributed by atoms with van der Waals surface area (Å²) in [5, 5.41) is 2.88. The highest BCUT2D eigenvalue weighted by Gasteiger charge is 2.44. The Morgan fingerprint density at radius 1 is 1.13 bits per heavy atom. The lowest BCUT2D eigenvalue weighted by Crippen LogP contribution is -2.30. The van der Waals surface area contributed by atoms with Gasteiger partial charge in [0.25, 0.3) is 0 Å². The molecule has 23 heavy (non-hydrogen) atoms. The van der Waals surface area contributed by atoms with Crippen molar-refractivity contribution in [1.29, 1.82) is 0 Å². The van der Waals surface area contributed by atoms with E-state index >= 15 is 0 Å². The van der Waals surface area contributed by atoms with Crippen LogP contribution in [0.2, 0.25) is 0 Å². The Kier molecular flexibility index (Phi) is 3.71. The molecule has 2 aliphatic heterocycles. The summed E-state index contributed by atoms with van der Waals surface area (Å²) < 4.78 is 11.4. The number of nitrogens with one attached hydrogen (secondary N) is 1. The molecule has 2 bridgehead atoms. The van der Waals surface area contributed by atoms with E-state index in [1.54, 1.807) is 12.1 Å². The average Bonchev–Trinajstić information content (AvgIpc) is 3.19. The number of carbonyl (C=O) groups excluding carboxylic acids is 1. The summed E-state index contributed by atoms with van der Waals surface area (Å²) in [6, 6.07) is 14.8. The van der Waals surface area contributed by atoms with Crippen LogP contribution >= 0.6 is 0 Å². The number of rotatable bonds is 4. The molecule has 1 aromatic heterocycles. The summed E-state index contributed by atoms with van der Waals surface area (Å²) in [5.41, 5.74) is 0. The van der Waals surface area contributed by atoms with Crippen molar-refractivity contribution in [3.63, 3.8) is 0 Å². The number of hydrogen-bond acceptors (Lipinski definition) is 4. The van der Waals surface area contributed by atoms with Gasteiger partial charge in [0.1, 0.15) is 11.6 Å². The van der Waals surface area contributed by atoms with E-state index in [9.17, 15) is 4.79 Å². The molecule has 2 fully saturated rings. The lowest BCUT2D eigenvalue weighted by atomic mass is 9.88. The molecule has 2 aliphatic rings. The minimum atomic E-state index is -0.0609. The number of carbonyl (C=O) groups is 1. The Balaban J connectivity index is 1.43. The van der Waals surface area contributed by atoms with Gasteiger partial charge in [-0.2, -0.15) is 4.98 Å². The largest absolute Gasteiger partial charge is 0.439 e. The quantitative estimate of drug-likeness (QED) is 0.940. The zero-order chi connectivity index (χ0) is 15.6. The fourth-order valence-corrected chi connectivity index (χ4v) is 3.28. The third-order valence-corrected chi connectivity index (χ3v) is 4.38. The van der Waals surface area contributed by atoms with Crippen LogP contribution in [0.3, 0.4) is 0 Å². The number of hydrogen-bond donors (Lipinski definition) is 1. The molecule has 2 aromatic rings. The number of fused-ring (bicyclic) bond motifs is 2. The van der Waals surface area contributed by atoms with Gasteiger partial charge in [0.05, 0.1) is 18.1 Å². The molecular formula is C18H18N2O3. The van der Waals surface area contributed by atoms with Crippen molar-refractivity contribution in [2.45, 2.75) is 31.5 Å². The smallest absolute Gasteiger partial charge is 0.231 e. The minimum Gasteiger partial charge on any atom is -0.439 e. The molecule has 0 unspecified atom stereocenters. The minimum absolute atomic E-state index is 0.0124. The van der Waals surface area contributed by atoms with Crippen LogP contribution in [0.15, 0.2) is 48.5 Å². The molecule has 5 heteroatoms. The Labute approximate surface area is 134 Å². The monoisotopic (exact) mass is 310 g/mol. The Morgan fingerprint density at radius 2 is 2.00 bits per heavy atom. The SMILES string of the molecule is O=C(Nc1cccc(Oc2ccccc2)n1)[C@@H]1C[C@H]2CC[C@@H]1O2. The van der Waals surface area contributed by atoms with Crippen molar-refractivity contribution in [3.8, 4) is 11.6 Å². The maximum absolute atomic E-state index is 12.4. The van der Waals surface area contributed by atoms with Crippen LogP contribution in [-0.2, 0) is 9.53 Å². The van der Waals surface area contributed by atoms with Gasteiger partial charge in [-0.3, -0.25) is 4.79 Å². The zero-order valence-corrected chi connectivity index (χ0v) is 12.6. The van der Waals surface area contributed by atoms with Crippen molar-refractivity contribution in [2.75, 3.05) is 5.32 Å². The molecule has 1 aromatic carbocycles. The van der Waals surface area contributed by atoms with Crippen LogP contribution in [-0.4, -0.2) is 23.1 Å². The number of ether oxygens (including phenoxy) is 2. The summed E-state index contributed by atoms with van der Waals surface area (Å²) in [7, 11) is 0. The topological polar surface area (TPSA) is 60.5 Å². The number of pyridine rings is 1. The van der Waals surface area contributed by atoms with Crippen molar-refractivity contribution < 1.29 is 14.3 Å². The second-order valence-electron chi connectivity index (χ2n) is 5.98. The molecule has 0 aliphatic carbocycles. The zero-order valence-electron chi connectivity index (χ0n) is 12.6. The number of para-hydroxylation sites is 1. The molecule has 2 saturated heterocycles. The fourth-order valence-electron chi connectivity index (χ4n) is 3.28. The van der Waals surface area contributed by atoms with E-state index in [-0.39, 0.29) is 24.0 Å². The molecule has 118 valence electrons. The normalized spacial score (nSPS) is 25.3. The number of anilines is 1. The molecule has 1 N–H and O–H groups in total. The first-order chi connectivity index (χ1) is 11.3. The van der Waals surface area contributed by atoms with Crippen LogP contribution in [0, 0.1) is 5.92 Å². The molecular weight excluding hydrogens is 292 g/mol. The highest BCUT2D eigenvalue weighted by Crippen LogP contribution is 2.39. The second-order valence-corrected chi connectivity index (χ2v) is 5.98. The summed E-state index contributed by atoms with van der Waals surface area (Å²) >= 11 is 0.